The van der Waals surface area contributed by atoms with Gasteiger partial charge in [-0.25, -0.2) is 0 Å². The molecule has 2 fully saturated rings. The van der Waals surface area contributed by atoms with E-state index in [9.17, 15) is 4.79 Å². The molecule has 1 aromatic carbocycles. The van der Waals surface area contributed by atoms with Gasteiger partial charge in [-0.15, -0.1) is 0 Å². The monoisotopic (exact) mass is 274 g/mol. The SMILES string of the molecule is COc1ccc(C(=O)NC2CC[C@H]3CNC[C@H]3C2)cc1. The number of fused-ring (bicyclic) bond motifs is 1. The van der Waals surface area contributed by atoms with Gasteiger partial charge >= 0.3 is 0 Å². The zero-order valence-electron chi connectivity index (χ0n) is 11.9. The van der Waals surface area contributed by atoms with Crippen LogP contribution >= 0.6 is 0 Å². The van der Waals surface area contributed by atoms with Crippen LogP contribution in [0.2, 0.25) is 0 Å². The van der Waals surface area contributed by atoms with E-state index in [1.165, 1.54) is 6.42 Å². The van der Waals surface area contributed by atoms with Crippen molar-refractivity contribution in [2.75, 3.05) is 20.2 Å². The normalized spacial score (nSPS) is 28.8. The molecule has 0 aromatic heterocycles. The average Bonchev–Trinajstić information content (AvgIpc) is 2.95. The second-order valence-electron chi connectivity index (χ2n) is 5.89. The van der Waals surface area contributed by atoms with Gasteiger partial charge in [0.2, 0.25) is 0 Å². The van der Waals surface area contributed by atoms with Crippen LogP contribution in [0.25, 0.3) is 0 Å². The third-order valence-electron chi connectivity index (χ3n) is 4.64. The molecule has 2 N–H and O–H groups in total. The number of ether oxygens (including phenoxy) is 1. The highest BCUT2D eigenvalue weighted by atomic mass is 16.5. The molecular weight excluding hydrogens is 252 g/mol. The standard InChI is InChI=1S/C16H22N2O2/c1-20-15-6-3-11(4-7-15)16(19)18-14-5-2-12-9-17-10-13(12)8-14/h3-4,6-7,12-14,17H,2,5,8-10H2,1H3,(H,18,19)/t12-,13+,14?/m0/s1. The van der Waals surface area contributed by atoms with Crippen LogP contribution in [0.1, 0.15) is 29.6 Å². The van der Waals surface area contributed by atoms with Crippen molar-refractivity contribution in [2.24, 2.45) is 11.8 Å². The third-order valence-corrected chi connectivity index (χ3v) is 4.64. The number of hydrogen-bond acceptors (Lipinski definition) is 3. The summed E-state index contributed by atoms with van der Waals surface area (Å²) in [6, 6.07) is 7.61. The van der Waals surface area contributed by atoms with Crippen LogP contribution in [-0.2, 0) is 0 Å². The van der Waals surface area contributed by atoms with Crippen molar-refractivity contribution in [3.8, 4) is 5.75 Å². The third kappa shape index (κ3) is 2.80. The van der Waals surface area contributed by atoms with Crippen LogP contribution in [-0.4, -0.2) is 32.1 Å². The van der Waals surface area contributed by atoms with Crippen molar-refractivity contribution in [1.29, 1.82) is 0 Å². The molecule has 1 aliphatic carbocycles. The average molecular weight is 274 g/mol. The Morgan fingerprint density at radius 3 is 2.70 bits per heavy atom. The molecule has 1 saturated carbocycles. The van der Waals surface area contributed by atoms with E-state index in [-0.39, 0.29) is 5.91 Å². The summed E-state index contributed by atoms with van der Waals surface area (Å²) in [5, 5.41) is 6.63. The molecule has 1 aromatic rings. The first kappa shape index (κ1) is 13.4. The Hall–Kier alpha value is -1.55. The Labute approximate surface area is 119 Å². The first-order valence-corrected chi connectivity index (χ1v) is 7.42. The maximum Gasteiger partial charge on any atom is 0.251 e. The highest BCUT2D eigenvalue weighted by molar-refractivity contribution is 5.94. The van der Waals surface area contributed by atoms with Crippen LogP contribution in [0, 0.1) is 11.8 Å². The van der Waals surface area contributed by atoms with Gasteiger partial charge in [-0.05, 0) is 68.5 Å². The van der Waals surface area contributed by atoms with E-state index in [1.54, 1.807) is 7.11 Å². The van der Waals surface area contributed by atoms with Gasteiger partial charge in [-0.3, -0.25) is 4.79 Å². The van der Waals surface area contributed by atoms with Crippen molar-refractivity contribution in [2.45, 2.75) is 25.3 Å². The highest BCUT2D eigenvalue weighted by Crippen LogP contribution is 2.32. The van der Waals surface area contributed by atoms with Gasteiger partial charge in [0.1, 0.15) is 5.75 Å². The van der Waals surface area contributed by atoms with Crippen LogP contribution in [0.15, 0.2) is 24.3 Å². The lowest BCUT2D eigenvalue weighted by atomic mass is 9.79. The number of methoxy groups -OCH3 is 1. The molecule has 0 bridgehead atoms. The van der Waals surface area contributed by atoms with Gasteiger partial charge in [-0.1, -0.05) is 0 Å². The second-order valence-corrected chi connectivity index (χ2v) is 5.89. The molecule has 1 unspecified atom stereocenters. The molecule has 3 rings (SSSR count). The van der Waals surface area contributed by atoms with E-state index in [4.69, 9.17) is 4.74 Å². The predicted octanol–water partition coefficient (Wildman–Crippen LogP) is 1.81. The first-order valence-electron chi connectivity index (χ1n) is 7.42. The minimum Gasteiger partial charge on any atom is -0.497 e. The Morgan fingerprint density at radius 1 is 1.20 bits per heavy atom. The molecule has 2 aliphatic rings. The second kappa shape index (κ2) is 5.83. The maximum atomic E-state index is 12.2. The van der Waals surface area contributed by atoms with Crippen molar-refractivity contribution in [3.63, 3.8) is 0 Å². The Morgan fingerprint density at radius 2 is 1.95 bits per heavy atom. The summed E-state index contributed by atoms with van der Waals surface area (Å²) >= 11 is 0. The van der Waals surface area contributed by atoms with Gasteiger partial charge in [0, 0.05) is 11.6 Å². The van der Waals surface area contributed by atoms with E-state index in [1.807, 2.05) is 24.3 Å². The fourth-order valence-corrected chi connectivity index (χ4v) is 3.44. The molecule has 0 spiro atoms. The summed E-state index contributed by atoms with van der Waals surface area (Å²) < 4.78 is 5.11. The van der Waals surface area contributed by atoms with Crippen LogP contribution < -0.4 is 15.4 Å². The van der Waals surface area contributed by atoms with Gasteiger partial charge in [0.15, 0.2) is 0 Å². The molecule has 1 amide bonds. The number of benzene rings is 1. The van der Waals surface area contributed by atoms with Crippen molar-refractivity contribution >= 4 is 5.91 Å². The van der Waals surface area contributed by atoms with Crippen LogP contribution in [0.3, 0.4) is 0 Å². The summed E-state index contributed by atoms with van der Waals surface area (Å²) in [4.78, 5) is 12.2. The number of rotatable bonds is 3. The first-order chi connectivity index (χ1) is 9.76. The molecule has 4 heteroatoms. The van der Waals surface area contributed by atoms with Gasteiger partial charge in [0.25, 0.3) is 5.91 Å². The lowest BCUT2D eigenvalue weighted by Crippen LogP contribution is -2.40. The minimum atomic E-state index is 0.0297. The molecule has 108 valence electrons. The molecule has 1 saturated heterocycles. The van der Waals surface area contributed by atoms with E-state index >= 15 is 0 Å². The number of hydrogen-bond donors (Lipinski definition) is 2. The molecule has 1 aliphatic heterocycles. The van der Waals surface area contributed by atoms with Crippen LogP contribution in [0.4, 0.5) is 0 Å². The van der Waals surface area contributed by atoms with E-state index in [0.29, 0.717) is 11.6 Å². The van der Waals surface area contributed by atoms with Gasteiger partial charge < -0.3 is 15.4 Å². The lowest BCUT2D eigenvalue weighted by molar-refractivity contribution is 0.0913. The van der Waals surface area contributed by atoms with E-state index < -0.39 is 0 Å². The summed E-state index contributed by atoms with van der Waals surface area (Å²) in [5.74, 6) is 2.37. The molecular formula is C16H22N2O2. The molecule has 3 atom stereocenters. The maximum absolute atomic E-state index is 12.2. The fraction of sp³-hybridized carbons (Fsp3) is 0.562. The van der Waals surface area contributed by atoms with E-state index in [0.717, 1.165) is 43.5 Å². The largest absolute Gasteiger partial charge is 0.497 e. The zero-order chi connectivity index (χ0) is 13.9. The summed E-state index contributed by atoms with van der Waals surface area (Å²) in [6.45, 7) is 2.27. The molecule has 4 nitrogen and oxygen atoms in total. The summed E-state index contributed by atoms with van der Waals surface area (Å²) in [7, 11) is 1.63. The molecule has 20 heavy (non-hydrogen) atoms. The summed E-state index contributed by atoms with van der Waals surface area (Å²) in [5.41, 5.74) is 0.706. The quantitative estimate of drug-likeness (QED) is 0.884. The van der Waals surface area contributed by atoms with Gasteiger partial charge in [-0.2, -0.15) is 0 Å². The Balaban J connectivity index is 1.58. The van der Waals surface area contributed by atoms with Crippen molar-refractivity contribution < 1.29 is 9.53 Å². The number of carbonyl (C=O) groups excluding carboxylic acids is 1. The highest BCUT2D eigenvalue weighted by Gasteiger charge is 2.34. The molecule has 0 radical (unpaired) electrons. The lowest BCUT2D eigenvalue weighted by Gasteiger charge is -2.31. The topological polar surface area (TPSA) is 50.4 Å². The fourth-order valence-electron chi connectivity index (χ4n) is 3.44. The Bertz CT molecular complexity index is 472. The molecule has 1 heterocycles. The van der Waals surface area contributed by atoms with Crippen molar-refractivity contribution in [3.05, 3.63) is 29.8 Å². The number of nitrogens with one attached hydrogen (secondary N) is 2. The number of carbonyl (C=O) groups is 1. The summed E-state index contributed by atoms with van der Waals surface area (Å²) in [6.07, 6.45) is 3.44. The predicted molar refractivity (Wildman–Crippen MR) is 77.9 cm³/mol. The van der Waals surface area contributed by atoms with Crippen molar-refractivity contribution in [1.82, 2.24) is 10.6 Å². The zero-order valence-corrected chi connectivity index (χ0v) is 11.9. The smallest absolute Gasteiger partial charge is 0.251 e. The van der Waals surface area contributed by atoms with Gasteiger partial charge in [0.05, 0.1) is 7.11 Å². The minimum absolute atomic E-state index is 0.0297. The van der Waals surface area contributed by atoms with Crippen LogP contribution in [0.5, 0.6) is 5.75 Å². The van der Waals surface area contributed by atoms with E-state index in [2.05, 4.69) is 10.6 Å². The Kier molecular flexibility index (Phi) is 3.92. The number of amides is 1.